The van der Waals surface area contributed by atoms with Gasteiger partial charge in [0.1, 0.15) is 0 Å². The van der Waals surface area contributed by atoms with E-state index in [2.05, 4.69) is 34.5 Å². The number of amides is 1. The molecule has 1 aliphatic rings. The van der Waals surface area contributed by atoms with Crippen LogP contribution in [0.3, 0.4) is 0 Å². The molecule has 3 rings (SSSR count). The van der Waals surface area contributed by atoms with E-state index in [0.29, 0.717) is 0 Å². The molecule has 0 bridgehead atoms. The van der Waals surface area contributed by atoms with E-state index in [4.69, 9.17) is 0 Å². The summed E-state index contributed by atoms with van der Waals surface area (Å²) in [6.07, 6.45) is 3.52. The quantitative estimate of drug-likeness (QED) is 0.914. The maximum absolute atomic E-state index is 12.5. The Hall–Kier alpha value is -2.13. The lowest BCUT2D eigenvalue weighted by atomic mass is 10.1. The van der Waals surface area contributed by atoms with E-state index in [0.717, 1.165) is 18.7 Å². The number of carbonyl (C=O) groups excluding carboxylic acids is 1. The van der Waals surface area contributed by atoms with Gasteiger partial charge in [-0.3, -0.25) is 9.69 Å². The third-order valence-corrected chi connectivity index (χ3v) is 4.68. The van der Waals surface area contributed by atoms with E-state index < -0.39 is 0 Å². The van der Waals surface area contributed by atoms with Crippen LogP contribution in [-0.2, 0) is 24.2 Å². The number of nitrogens with zero attached hydrogens (tertiary/aromatic N) is 1. The standard InChI is InChI=1S/C20H24N2O/c1-15(22(2)14-16-7-4-3-5-8-16)20(23)21-19-12-11-17-9-6-10-18(17)13-19/h3-5,7-8,11-13,15H,6,9-10,14H2,1-2H3,(H,21,23)/t15-/m0/s1. The lowest BCUT2D eigenvalue weighted by molar-refractivity contribution is -0.120. The minimum absolute atomic E-state index is 0.0429. The Bertz CT molecular complexity index is 681. The molecule has 2 aromatic rings. The average Bonchev–Trinajstić information content (AvgIpc) is 3.02. The molecule has 0 heterocycles. The van der Waals surface area contributed by atoms with Crippen molar-refractivity contribution in [3.63, 3.8) is 0 Å². The molecular formula is C20H24N2O. The van der Waals surface area contributed by atoms with Crippen LogP contribution in [0.4, 0.5) is 5.69 Å². The summed E-state index contributed by atoms with van der Waals surface area (Å²) in [6, 6.07) is 16.4. The molecule has 3 heteroatoms. The van der Waals surface area contributed by atoms with Crippen LogP contribution in [0, 0.1) is 0 Å². The van der Waals surface area contributed by atoms with Gasteiger partial charge in [0.05, 0.1) is 6.04 Å². The van der Waals surface area contributed by atoms with Crippen molar-refractivity contribution in [1.82, 2.24) is 4.90 Å². The Morgan fingerprint density at radius 1 is 1.13 bits per heavy atom. The van der Waals surface area contributed by atoms with E-state index in [-0.39, 0.29) is 11.9 Å². The second kappa shape index (κ2) is 6.97. The number of fused-ring (bicyclic) bond motifs is 1. The first-order valence-electron chi connectivity index (χ1n) is 8.30. The maximum atomic E-state index is 12.5. The number of anilines is 1. The number of nitrogens with one attached hydrogen (secondary N) is 1. The SMILES string of the molecule is C[C@@H](C(=O)Nc1ccc2c(c1)CCC2)N(C)Cc1ccccc1. The van der Waals surface area contributed by atoms with Gasteiger partial charge in [0.25, 0.3) is 0 Å². The van der Waals surface area contributed by atoms with Crippen molar-refractivity contribution in [3.05, 3.63) is 65.2 Å². The van der Waals surface area contributed by atoms with Crippen LogP contribution < -0.4 is 5.32 Å². The number of aryl methyl sites for hydroxylation is 2. The van der Waals surface area contributed by atoms with Gasteiger partial charge in [0.15, 0.2) is 0 Å². The Kier molecular flexibility index (Phi) is 4.77. The molecule has 0 aromatic heterocycles. The summed E-state index contributed by atoms with van der Waals surface area (Å²) in [5, 5.41) is 3.06. The fourth-order valence-corrected chi connectivity index (χ4v) is 3.10. The largest absolute Gasteiger partial charge is 0.325 e. The summed E-state index contributed by atoms with van der Waals surface area (Å²) in [7, 11) is 1.99. The molecule has 1 amide bonds. The molecular weight excluding hydrogens is 284 g/mol. The van der Waals surface area contributed by atoms with Crippen molar-refractivity contribution >= 4 is 11.6 Å². The van der Waals surface area contributed by atoms with Crippen LogP contribution in [0.1, 0.15) is 30.0 Å². The maximum Gasteiger partial charge on any atom is 0.241 e. The normalized spacial score (nSPS) is 14.6. The molecule has 1 N–H and O–H groups in total. The highest BCUT2D eigenvalue weighted by atomic mass is 16.2. The molecule has 0 saturated carbocycles. The first kappa shape index (κ1) is 15.8. The molecule has 0 fully saturated rings. The van der Waals surface area contributed by atoms with Gasteiger partial charge in [-0.25, -0.2) is 0 Å². The Labute approximate surface area is 138 Å². The van der Waals surface area contributed by atoms with Crippen LogP contribution in [0.15, 0.2) is 48.5 Å². The number of rotatable bonds is 5. The van der Waals surface area contributed by atoms with Crippen LogP contribution in [0.2, 0.25) is 0 Å². The molecule has 0 spiro atoms. The first-order chi connectivity index (χ1) is 11.1. The fraction of sp³-hybridized carbons (Fsp3) is 0.350. The highest BCUT2D eigenvalue weighted by Crippen LogP contribution is 2.25. The van der Waals surface area contributed by atoms with Crippen molar-refractivity contribution in [1.29, 1.82) is 0 Å². The van der Waals surface area contributed by atoms with E-state index in [1.165, 1.54) is 29.5 Å². The Morgan fingerprint density at radius 2 is 1.87 bits per heavy atom. The van der Waals surface area contributed by atoms with Gasteiger partial charge in [-0.15, -0.1) is 0 Å². The van der Waals surface area contributed by atoms with Crippen LogP contribution in [0.5, 0.6) is 0 Å². The number of carbonyl (C=O) groups is 1. The molecule has 0 saturated heterocycles. The van der Waals surface area contributed by atoms with Gasteiger partial charge in [-0.2, -0.15) is 0 Å². The average molecular weight is 308 g/mol. The highest BCUT2D eigenvalue weighted by molar-refractivity contribution is 5.94. The highest BCUT2D eigenvalue weighted by Gasteiger charge is 2.19. The van der Waals surface area contributed by atoms with Crippen LogP contribution in [-0.4, -0.2) is 23.9 Å². The Morgan fingerprint density at radius 3 is 2.65 bits per heavy atom. The number of benzene rings is 2. The lowest BCUT2D eigenvalue weighted by Gasteiger charge is -2.24. The summed E-state index contributed by atoms with van der Waals surface area (Å²) in [5.74, 6) is 0.0429. The van der Waals surface area contributed by atoms with E-state index in [1.807, 2.05) is 38.2 Å². The topological polar surface area (TPSA) is 32.3 Å². The molecule has 2 aromatic carbocycles. The van der Waals surface area contributed by atoms with Gasteiger partial charge in [0, 0.05) is 12.2 Å². The first-order valence-corrected chi connectivity index (χ1v) is 8.30. The molecule has 0 unspecified atom stereocenters. The van der Waals surface area contributed by atoms with Crippen molar-refractivity contribution in [3.8, 4) is 0 Å². The summed E-state index contributed by atoms with van der Waals surface area (Å²) >= 11 is 0. The monoisotopic (exact) mass is 308 g/mol. The smallest absolute Gasteiger partial charge is 0.241 e. The van der Waals surface area contributed by atoms with Gasteiger partial charge in [-0.1, -0.05) is 36.4 Å². The summed E-state index contributed by atoms with van der Waals surface area (Å²) < 4.78 is 0. The fourth-order valence-electron chi connectivity index (χ4n) is 3.10. The van der Waals surface area contributed by atoms with Crippen molar-refractivity contribution in [2.45, 2.75) is 38.8 Å². The van der Waals surface area contributed by atoms with Gasteiger partial charge < -0.3 is 5.32 Å². The number of hydrogen-bond donors (Lipinski definition) is 1. The van der Waals surface area contributed by atoms with E-state index in [1.54, 1.807) is 0 Å². The minimum atomic E-state index is -0.177. The molecule has 1 aliphatic carbocycles. The van der Waals surface area contributed by atoms with Crippen molar-refractivity contribution in [2.75, 3.05) is 12.4 Å². The number of hydrogen-bond acceptors (Lipinski definition) is 2. The zero-order chi connectivity index (χ0) is 16.2. The molecule has 120 valence electrons. The lowest BCUT2D eigenvalue weighted by Crippen LogP contribution is -2.39. The molecule has 1 atom stereocenters. The molecule has 0 radical (unpaired) electrons. The van der Waals surface area contributed by atoms with Crippen molar-refractivity contribution < 1.29 is 4.79 Å². The van der Waals surface area contributed by atoms with E-state index >= 15 is 0 Å². The zero-order valence-electron chi connectivity index (χ0n) is 13.9. The Balaban J connectivity index is 1.61. The van der Waals surface area contributed by atoms with Crippen LogP contribution >= 0.6 is 0 Å². The van der Waals surface area contributed by atoms with Gasteiger partial charge >= 0.3 is 0 Å². The zero-order valence-corrected chi connectivity index (χ0v) is 13.9. The summed E-state index contributed by atoms with van der Waals surface area (Å²) in [5.41, 5.74) is 4.94. The molecule has 0 aliphatic heterocycles. The predicted molar refractivity (Wildman–Crippen MR) is 94.5 cm³/mol. The van der Waals surface area contributed by atoms with E-state index in [9.17, 15) is 4.79 Å². The summed E-state index contributed by atoms with van der Waals surface area (Å²) in [4.78, 5) is 14.6. The van der Waals surface area contributed by atoms with Crippen LogP contribution in [0.25, 0.3) is 0 Å². The minimum Gasteiger partial charge on any atom is -0.325 e. The van der Waals surface area contributed by atoms with Gasteiger partial charge in [-0.05, 0) is 62.1 Å². The van der Waals surface area contributed by atoms with Gasteiger partial charge in [0.2, 0.25) is 5.91 Å². The number of likely N-dealkylation sites (N-methyl/N-ethyl adjacent to an activating group) is 1. The predicted octanol–water partition coefficient (Wildman–Crippen LogP) is 3.63. The molecule has 3 nitrogen and oxygen atoms in total. The van der Waals surface area contributed by atoms with Crippen molar-refractivity contribution in [2.24, 2.45) is 0 Å². The third-order valence-electron chi connectivity index (χ3n) is 4.68. The molecule has 23 heavy (non-hydrogen) atoms. The second-order valence-electron chi connectivity index (χ2n) is 6.40. The third kappa shape index (κ3) is 3.80. The second-order valence-corrected chi connectivity index (χ2v) is 6.40. The summed E-state index contributed by atoms with van der Waals surface area (Å²) in [6.45, 7) is 2.71.